The zero-order valence-electron chi connectivity index (χ0n) is 8.19. The Kier molecular flexibility index (Phi) is 4.76. The van der Waals surface area contributed by atoms with Crippen molar-refractivity contribution in [2.45, 2.75) is 19.3 Å². The van der Waals surface area contributed by atoms with E-state index in [1.54, 1.807) is 0 Å². The summed E-state index contributed by atoms with van der Waals surface area (Å²) in [5.74, 6) is -0.149. The van der Waals surface area contributed by atoms with E-state index in [-0.39, 0.29) is 5.75 Å². The summed E-state index contributed by atoms with van der Waals surface area (Å²) in [4.78, 5) is 0. The first-order valence-electron chi connectivity index (χ1n) is 4.67. The normalized spacial score (nSPS) is 11.6. The van der Waals surface area contributed by atoms with E-state index in [1.165, 1.54) is 5.56 Å². The fourth-order valence-electron chi connectivity index (χ4n) is 1.26. The molecule has 0 aliphatic carbocycles. The summed E-state index contributed by atoms with van der Waals surface area (Å²) in [6.07, 6.45) is 2.10. The van der Waals surface area contributed by atoms with Crippen LogP contribution in [0.1, 0.15) is 18.4 Å². The highest BCUT2D eigenvalue weighted by molar-refractivity contribution is 9.10. The summed E-state index contributed by atoms with van der Waals surface area (Å²) in [5.41, 5.74) is 1.17. The van der Waals surface area contributed by atoms with Gasteiger partial charge in [-0.1, -0.05) is 28.1 Å². The van der Waals surface area contributed by atoms with Crippen LogP contribution in [0.25, 0.3) is 0 Å². The third-order valence-corrected chi connectivity index (χ3v) is 3.36. The van der Waals surface area contributed by atoms with Crippen LogP contribution in [0.15, 0.2) is 28.7 Å². The Labute approximate surface area is 98.4 Å². The van der Waals surface area contributed by atoms with Gasteiger partial charge >= 0.3 is 0 Å². The zero-order valence-corrected chi connectivity index (χ0v) is 10.6. The smallest absolute Gasteiger partial charge is 0.264 e. The summed E-state index contributed by atoms with van der Waals surface area (Å²) in [6.45, 7) is 0. The van der Waals surface area contributed by atoms with Crippen molar-refractivity contribution in [3.8, 4) is 0 Å². The van der Waals surface area contributed by atoms with Crippen molar-refractivity contribution in [3.05, 3.63) is 34.3 Å². The average Bonchev–Trinajstić information content (AvgIpc) is 2.14. The van der Waals surface area contributed by atoms with Crippen molar-refractivity contribution in [2.75, 3.05) is 5.75 Å². The van der Waals surface area contributed by atoms with E-state index in [4.69, 9.17) is 4.55 Å². The van der Waals surface area contributed by atoms with E-state index in [2.05, 4.69) is 15.9 Å². The Balaban J connectivity index is 2.29. The lowest BCUT2D eigenvalue weighted by Gasteiger charge is -2.00. The van der Waals surface area contributed by atoms with Crippen LogP contribution in [0.5, 0.6) is 0 Å². The van der Waals surface area contributed by atoms with Crippen LogP contribution in [-0.4, -0.2) is 18.7 Å². The van der Waals surface area contributed by atoms with E-state index < -0.39 is 10.1 Å². The Morgan fingerprint density at radius 2 is 1.73 bits per heavy atom. The van der Waals surface area contributed by atoms with Crippen LogP contribution in [0, 0.1) is 0 Å². The first-order valence-corrected chi connectivity index (χ1v) is 7.07. The van der Waals surface area contributed by atoms with Crippen LogP contribution in [0.4, 0.5) is 0 Å². The maximum Gasteiger partial charge on any atom is 0.264 e. The minimum absolute atomic E-state index is 0.149. The van der Waals surface area contributed by atoms with Crippen molar-refractivity contribution in [1.29, 1.82) is 0 Å². The summed E-state index contributed by atoms with van der Waals surface area (Å²) < 4.78 is 30.4. The molecule has 5 heteroatoms. The molecule has 0 unspecified atom stereocenters. The van der Waals surface area contributed by atoms with Gasteiger partial charge < -0.3 is 0 Å². The molecule has 1 rings (SSSR count). The number of halogens is 1. The molecule has 0 saturated carbocycles. The second-order valence-electron chi connectivity index (χ2n) is 3.37. The maximum absolute atomic E-state index is 10.4. The van der Waals surface area contributed by atoms with Crippen LogP contribution >= 0.6 is 15.9 Å². The van der Waals surface area contributed by atoms with Crippen LogP contribution < -0.4 is 0 Å². The minimum atomic E-state index is -3.79. The van der Waals surface area contributed by atoms with Gasteiger partial charge in [0.05, 0.1) is 5.75 Å². The van der Waals surface area contributed by atoms with Crippen LogP contribution in [0.2, 0.25) is 0 Å². The van der Waals surface area contributed by atoms with E-state index in [0.717, 1.165) is 17.3 Å². The first kappa shape index (κ1) is 12.7. The van der Waals surface area contributed by atoms with Gasteiger partial charge in [-0.3, -0.25) is 4.55 Å². The van der Waals surface area contributed by atoms with Gasteiger partial charge in [0.25, 0.3) is 10.1 Å². The largest absolute Gasteiger partial charge is 0.286 e. The number of rotatable bonds is 5. The summed E-state index contributed by atoms with van der Waals surface area (Å²) in [5, 5.41) is 0. The molecular weight excluding hydrogens is 280 g/mol. The highest BCUT2D eigenvalue weighted by Gasteiger charge is 2.03. The Bertz CT molecular complexity index is 397. The standard InChI is InChI=1S/C10H13BrO3S/c11-10-6-4-9(5-7-10)3-1-2-8-15(12,13)14/h4-7H,1-3,8H2,(H,12,13,14). The number of hydrogen-bond donors (Lipinski definition) is 1. The third-order valence-electron chi connectivity index (χ3n) is 2.03. The average molecular weight is 293 g/mol. The molecule has 15 heavy (non-hydrogen) atoms. The fourth-order valence-corrected chi connectivity index (χ4v) is 2.10. The van der Waals surface area contributed by atoms with Gasteiger partial charge in [-0.25, -0.2) is 0 Å². The van der Waals surface area contributed by atoms with E-state index in [0.29, 0.717) is 6.42 Å². The molecular formula is C10H13BrO3S. The van der Waals surface area contributed by atoms with Gasteiger partial charge in [0.15, 0.2) is 0 Å². The molecule has 0 aromatic heterocycles. The summed E-state index contributed by atoms with van der Waals surface area (Å²) >= 11 is 3.34. The Morgan fingerprint density at radius 3 is 2.27 bits per heavy atom. The Hall–Kier alpha value is -0.390. The van der Waals surface area contributed by atoms with E-state index in [1.807, 2.05) is 24.3 Å². The molecule has 0 radical (unpaired) electrons. The lowest BCUT2D eigenvalue weighted by atomic mass is 10.1. The van der Waals surface area contributed by atoms with E-state index >= 15 is 0 Å². The maximum atomic E-state index is 10.4. The van der Waals surface area contributed by atoms with Crippen molar-refractivity contribution in [2.24, 2.45) is 0 Å². The van der Waals surface area contributed by atoms with Crippen molar-refractivity contribution >= 4 is 26.0 Å². The first-order chi connectivity index (χ1) is 6.97. The zero-order chi connectivity index (χ0) is 11.3. The summed E-state index contributed by atoms with van der Waals surface area (Å²) in [7, 11) is -3.79. The van der Waals surface area contributed by atoms with Crippen molar-refractivity contribution in [3.63, 3.8) is 0 Å². The van der Waals surface area contributed by atoms with Crippen molar-refractivity contribution < 1.29 is 13.0 Å². The molecule has 84 valence electrons. The predicted molar refractivity (Wildman–Crippen MR) is 63.5 cm³/mol. The number of benzene rings is 1. The van der Waals surface area contributed by atoms with Gasteiger partial charge in [0, 0.05) is 4.47 Å². The van der Waals surface area contributed by atoms with Crippen LogP contribution in [0.3, 0.4) is 0 Å². The molecule has 0 bridgehead atoms. The number of unbranched alkanes of at least 4 members (excludes halogenated alkanes) is 1. The molecule has 1 aromatic rings. The quantitative estimate of drug-likeness (QED) is 0.670. The lowest BCUT2D eigenvalue weighted by molar-refractivity contribution is 0.480. The molecule has 0 aliphatic heterocycles. The molecule has 3 nitrogen and oxygen atoms in total. The Morgan fingerprint density at radius 1 is 1.13 bits per heavy atom. The van der Waals surface area contributed by atoms with Crippen LogP contribution in [-0.2, 0) is 16.5 Å². The summed E-state index contributed by atoms with van der Waals surface area (Å²) in [6, 6.07) is 7.91. The number of aryl methyl sites for hydroxylation is 1. The molecule has 0 amide bonds. The predicted octanol–water partition coefficient (Wildman–Crippen LogP) is 2.66. The van der Waals surface area contributed by atoms with E-state index in [9.17, 15) is 8.42 Å². The van der Waals surface area contributed by atoms with Crippen molar-refractivity contribution in [1.82, 2.24) is 0 Å². The molecule has 0 fully saturated rings. The molecule has 1 aromatic carbocycles. The minimum Gasteiger partial charge on any atom is -0.286 e. The molecule has 0 atom stereocenters. The fraction of sp³-hybridized carbons (Fsp3) is 0.400. The second kappa shape index (κ2) is 5.63. The number of hydrogen-bond acceptors (Lipinski definition) is 2. The molecule has 0 heterocycles. The third kappa shape index (κ3) is 5.92. The SMILES string of the molecule is O=S(=O)(O)CCCCc1ccc(Br)cc1. The van der Waals surface area contributed by atoms with Gasteiger partial charge in [-0.15, -0.1) is 0 Å². The molecule has 1 N–H and O–H groups in total. The van der Waals surface area contributed by atoms with Gasteiger partial charge in [-0.05, 0) is 37.0 Å². The lowest BCUT2D eigenvalue weighted by Crippen LogP contribution is -2.03. The van der Waals surface area contributed by atoms with Gasteiger partial charge in [-0.2, -0.15) is 8.42 Å². The van der Waals surface area contributed by atoms with Gasteiger partial charge in [0.2, 0.25) is 0 Å². The highest BCUT2D eigenvalue weighted by Crippen LogP contribution is 2.12. The molecule has 0 saturated heterocycles. The topological polar surface area (TPSA) is 54.4 Å². The highest BCUT2D eigenvalue weighted by atomic mass is 79.9. The molecule has 0 spiro atoms. The molecule has 0 aliphatic rings. The van der Waals surface area contributed by atoms with Gasteiger partial charge in [0.1, 0.15) is 0 Å². The monoisotopic (exact) mass is 292 g/mol. The second-order valence-corrected chi connectivity index (χ2v) is 5.86.